The van der Waals surface area contributed by atoms with Gasteiger partial charge in [-0.25, -0.2) is 0 Å². The summed E-state index contributed by atoms with van der Waals surface area (Å²) in [5.74, 6) is -0.104. The summed E-state index contributed by atoms with van der Waals surface area (Å²) in [6.45, 7) is 5.03. The average molecular weight is 320 g/mol. The molecular weight excluding hydrogens is 300 g/mol. The van der Waals surface area contributed by atoms with Crippen molar-refractivity contribution in [1.29, 1.82) is 0 Å². The van der Waals surface area contributed by atoms with Crippen LogP contribution < -0.4 is 5.32 Å². The molecule has 0 radical (unpaired) electrons. The Hall–Kier alpha value is -2.48. The summed E-state index contributed by atoms with van der Waals surface area (Å²) in [5, 5.41) is 13.4. The first kappa shape index (κ1) is 16.9. The van der Waals surface area contributed by atoms with E-state index in [0.717, 1.165) is 13.1 Å². The lowest BCUT2D eigenvalue weighted by atomic mass is 10.2. The number of nitro groups is 1. The van der Waals surface area contributed by atoms with Gasteiger partial charge < -0.3 is 10.2 Å². The Labute approximate surface area is 134 Å². The highest BCUT2D eigenvalue weighted by Crippen LogP contribution is 2.17. The second kappa shape index (κ2) is 7.68. The fraction of sp³-hybridized carbons (Fsp3) is 0.467. The van der Waals surface area contributed by atoms with Gasteiger partial charge in [-0.3, -0.25) is 24.6 Å². The number of nitro benzene ring substituents is 1. The fourth-order valence-electron chi connectivity index (χ4n) is 2.47. The number of nitrogens with zero attached hydrogens (tertiary/aromatic N) is 3. The van der Waals surface area contributed by atoms with Gasteiger partial charge in [0.1, 0.15) is 0 Å². The van der Waals surface area contributed by atoms with Crippen molar-refractivity contribution in [2.24, 2.45) is 0 Å². The minimum atomic E-state index is -0.496. The maximum Gasteiger partial charge on any atom is 0.271 e. The quantitative estimate of drug-likeness (QED) is 0.647. The molecule has 0 aromatic heterocycles. The lowest BCUT2D eigenvalue weighted by molar-refractivity contribution is -0.384. The SMILES string of the molecule is CC(=O)N1CCN(CCC(=O)Nc2cccc([N+](=O)[O-])c2)CC1. The van der Waals surface area contributed by atoms with Crippen molar-refractivity contribution < 1.29 is 14.5 Å². The Kier molecular flexibility index (Phi) is 5.64. The number of rotatable bonds is 5. The molecule has 2 amide bonds. The van der Waals surface area contributed by atoms with E-state index >= 15 is 0 Å². The van der Waals surface area contributed by atoms with Gasteiger partial charge >= 0.3 is 0 Å². The van der Waals surface area contributed by atoms with Crippen molar-refractivity contribution in [3.05, 3.63) is 34.4 Å². The zero-order chi connectivity index (χ0) is 16.8. The Balaban J connectivity index is 1.76. The van der Waals surface area contributed by atoms with E-state index in [1.165, 1.54) is 18.2 Å². The second-order valence-electron chi connectivity index (χ2n) is 5.45. The van der Waals surface area contributed by atoms with Gasteiger partial charge in [0.2, 0.25) is 11.8 Å². The first-order valence-corrected chi connectivity index (χ1v) is 7.48. The van der Waals surface area contributed by atoms with E-state index in [9.17, 15) is 19.7 Å². The number of benzene rings is 1. The van der Waals surface area contributed by atoms with E-state index in [2.05, 4.69) is 10.2 Å². The summed E-state index contributed by atoms with van der Waals surface area (Å²) < 4.78 is 0. The summed E-state index contributed by atoms with van der Waals surface area (Å²) in [6.07, 6.45) is 0.308. The van der Waals surface area contributed by atoms with Gasteiger partial charge in [0, 0.05) is 63.9 Å². The summed E-state index contributed by atoms with van der Waals surface area (Å²) in [4.78, 5) is 37.3. The number of piperazine rings is 1. The first-order valence-electron chi connectivity index (χ1n) is 7.48. The van der Waals surface area contributed by atoms with Gasteiger partial charge in [-0.15, -0.1) is 0 Å². The molecule has 8 nitrogen and oxygen atoms in total. The third kappa shape index (κ3) is 5.03. The average Bonchev–Trinajstić information content (AvgIpc) is 2.53. The molecule has 8 heteroatoms. The molecule has 1 saturated heterocycles. The smallest absolute Gasteiger partial charge is 0.271 e. The Bertz CT molecular complexity index is 597. The Morgan fingerprint density at radius 2 is 1.96 bits per heavy atom. The maximum absolute atomic E-state index is 11.9. The third-order valence-corrected chi connectivity index (χ3v) is 3.81. The standard InChI is InChI=1S/C15H20N4O4/c1-12(20)18-9-7-17(8-10-18)6-5-15(21)16-13-3-2-4-14(11-13)19(22)23/h2-4,11H,5-10H2,1H3,(H,16,21). The normalized spacial score (nSPS) is 15.3. The van der Waals surface area contributed by atoms with Crippen LogP contribution in [0.25, 0.3) is 0 Å². The van der Waals surface area contributed by atoms with Crippen molar-refractivity contribution >= 4 is 23.2 Å². The predicted molar refractivity (Wildman–Crippen MR) is 85.0 cm³/mol. The minimum absolute atomic E-state index is 0.0526. The Morgan fingerprint density at radius 1 is 1.26 bits per heavy atom. The molecule has 1 aromatic rings. The zero-order valence-corrected chi connectivity index (χ0v) is 13.0. The Morgan fingerprint density at radius 3 is 2.57 bits per heavy atom. The second-order valence-corrected chi connectivity index (χ2v) is 5.45. The molecule has 0 aliphatic carbocycles. The van der Waals surface area contributed by atoms with Crippen LogP contribution in [-0.4, -0.2) is 59.3 Å². The number of carbonyl (C=O) groups is 2. The van der Waals surface area contributed by atoms with Crippen LogP contribution in [0.5, 0.6) is 0 Å². The van der Waals surface area contributed by atoms with Gasteiger partial charge in [0.15, 0.2) is 0 Å². The highest BCUT2D eigenvalue weighted by Gasteiger charge is 2.19. The lowest BCUT2D eigenvalue weighted by Gasteiger charge is -2.34. The van der Waals surface area contributed by atoms with Crippen LogP contribution in [0.15, 0.2) is 24.3 Å². The molecule has 0 unspecified atom stereocenters. The van der Waals surface area contributed by atoms with Crippen LogP contribution in [-0.2, 0) is 9.59 Å². The number of non-ortho nitro benzene ring substituents is 1. The van der Waals surface area contributed by atoms with Crippen LogP contribution >= 0.6 is 0 Å². The number of hydrogen-bond donors (Lipinski definition) is 1. The minimum Gasteiger partial charge on any atom is -0.340 e. The van der Waals surface area contributed by atoms with Crippen LogP contribution in [0.2, 0.25) is 0 Å². The summed E-state index contributed by atoms with van der Waals surface area (Å²) in [6, 6.07) is 5.87. The molecule has 0 saturated carbocycles. The maximum atomic E-state index is 11.9. The summed E-state index contributed by atoms with van der Waals surface area (Å²) >= 11 is 0. The number of amides is 2. The van der Waals surface area contributed by atoms with E-state index in [0.29, 0.717) is 31.7 Å². The molecular formula is C15H20N4O4. The summed E-state index contributed by atoms with van der Waals surface area (Å²) in [5.41, 5.74) is 0.369. The van der Waals surface area contributed by atoms with Crippen LogP contribution in [0.1, 0.15) is 13.3 Å². The summed E-state index contributed by atoms with van der Waals surface area (Å²) in [7, 11) is 0. The van der Waals surface area contributed by atoms with Gasteiger partial charge in [-0.1, -0.05) is 6.07 Å². The highest BCUT2D eigenvalue weighted by molar-refractivity contribution is 5.91. The van der Waals surface area contributed by atoms with E-state index in [1.54, 1.807) is 17.9 Å². The van der Waals surface area contributed by atoms with Gasteiger partial charge in [0.25, 0.3) is 5.69 Å². The molecule has 0 atom stereocenters. The van der Waals surface area contributed by atoms with Crippen LogP contribution in [0.3, 0.4) is 0 Å². The largest absolute Gasteiger partial charge is 0.340 e. The fourth-order valence-corrected chi connectivity index (χ4v) is 2.47. The molecule has 1 aliphatic heterocycles. The molecule has 0 spiro atoms. The lowest BCUT2D eigenvalue weighted by Crippen LogP contribution is -2.48. The molecule has 2 rings (SSSR count). The van der Waals surface area contributed by atoms with Gasteiger partial charge in [-0.2, -0.15) is 0 Å². The van der Waals surface area contributed by atoms with Crippen molar-refractivity contribution in [1.82, 2.24) is 9.80 Å². The molecule has 124 valence electrons. The molecule has 1 N–H and O–H groups in total. The van der Waals surface area contributed by atoms with E-state index < -0.39 is 4.92 Å². The molecule has 23 heavy (non-hydrogen) atoms. The van der Waals surface area contributed by atoms with Crippen LogP contribution in [0.4, 0.5) is 11.4 Å². The number of anilines is 1. The molecule has 1 aromatic carbocycles. The van der Waals surface area contributed by atoms with E-state index in [1.807, 2.05) is 0 Å². The molecule has 1 heterocycles. The number of nitrogens with one attached hydrogen (secondary N) is 1. The molecule has 0 bridgehead atoms. The highest BCUT2D eigenvalue weighted by atomic mass is 16.6. The van der Waals surface area contributed by atoms with Crippen LogP contribution in [0, 0.1) is 10.1 Å². The van der Waals surface area contributed by atoms with Crippen molar-refractivity contribution in [3.8, 4) is 0 Å². The van der Waals surface area contributed by atoms with Crippen molar-refractivity contribution in [3.63, 3.8) is 0 Å². The first-order chi connectivity index (χ1) is 11.0. The van der Waals surface area contributed by atoms with Crippen molar-refractivity contribution in [2.75, 3.05) is 38.0 Å². The predicted octanol–water partition coefficient (Wildman–Crippen LogP) is 1.09. The molecule has 1 fully saturated rings. The van der Waals surface area contributed by atoms with E-state index in [4.69, 9.17) is 0 Å². The van der Waals surface area contributed by atoms with E-state index in [-0.39, 0.29) is 17.5 Å². The number of carbonyl (C=O) groups excluding carboxylic acids is 2. The van der Waals surface area contributed by atoms with Gasteiger partial charge in [0.05, 0.1) is 4.92 Å². The zero-order valence-electron chi connectivity index (χ0n) is 13.0. The monoisotopic (exact) mass is 320 g/mol. The topological polar surface area (TPSA) is 95.8 Å². The van der Waals surface area contributed by atoms with Gasteiger partial charge in [-0.05, 0) is 6.07 Å². The number of hydrogen-bond acceptors (Lipinski definition) is 5. The third-order valence-electron chi connectivity index (χ3n) is 3.81. The van der Waals surface area contributed by atoms with Crippen molar-refractivity contribution in [2.45, 2.75) is 13.3 Å². The molecule has 1 aliphatic rings.